The topological polar surface area (TPSA) is 40.5 Å². The molecule has 1 aromatic rings. The molecule has 1 saturated heterocycles. The minimum atomic E-state index is -0.694. The van der Waals surface area contributed by atoms with Crippen LogP contribution in [0.1, 0.15) is 32.3 Å². The lowest BCUT2D eigenvalue weighted by molar-refractivity contribution is -0.151. The number of likely N-dealkylation sites (tertiary alicyclic amines) is 1. The van der Waals surface area contributed by atoms with Gasteiger partial charge in [-0.25, -0.2) is 0 Å². The molecule has 0 aromatic heterocycles. The van der Waals surface area contributed by atoms with E-state index in [0.717, 1.165) is 41.4 Å². The van der Waals surface area contributed by atoms with Crippen molar-refractivity contribution in [3.05, 3.63) is 32.7 Å². The standard InChI is InChI=1S/C16H21Br2NO2/c1-16(2,15(20)21)12-4-3-7-19(10-12)9-11-5-6-13(17)14(18)8-11/h5-6,8,12H,3-4,7,9-10H2,1-2H3,(H,20,21). The van der Waals surface area contributed by atoms with E-state index in [4.69, 9.17) is 0 Å². The summed E-state index contributed by atoms with van der Waals surface area (Å²) in [6, 6.07) is 6.28. The maximum atomic E-state index is 11.4. The minimum absolute atomic E-state index is 0.211. The van der Waals surface area contributed by atoms with Gasteiger partial charge < -0.3 is 5.11 Å². The van der Waals surface area contributed by atoms with E-state index in [2.05, 4.69) is 48.9 Å². The summed E-state index contributed by atoms with van der Waals surface area (Å²) < 4.78 is 2.11. The highest BCUT2D eigenvalue weighted by Crippen LogP contribution is 2.35. The number of carboxylic acid groups (broad SMARTS) is 1. The summed E-state index contributed by atoms with van der Waals surface area (Å²) in [4.78, 5) is 13.8. The van der Waals surface area contributed by atoms with E-state index in [1.807, 2.05) is 19.9 Å². The van der Waals surface area contributed by atoms with Crippen LogP contribution in [0.25, 0.3) is 0 Å². The molecule has 0 saturated carbocycles. The highest BCUT2D eigenvalue weighted by molar-refractivity contribution is 9.13. The van der Waals surface area contributed by atoms with Gasteiger partial charge in [0.1, 0.15) is 0 Å². The predicted molar refractivity (Wildman–Crippen MR) is 91.3 cm³/mol. The van der Waals surface area contributed by atoms with Gasteiger partial charge in [-0.15, -0.1) is 0 Å². The van der Waals surface area contributed by atoms with Gasteiger partial charge >= 0.3 is 5.97 Å². The third kappa shape index (κ3) is 4.08. The SMILES string of the molecule is CC(C)(C(=O)O)C1CCCN(Cc2ccc(Br)c(Br)c2)C1. The summed E-state index contributed by atoms with van der Waals surface area (Å²) in [6.45, 7) is 6.46. The summed E-state index contributed by atoms with van der Waals surface area (Å²) >= 11 is 7.01. The van der Waals surface area contributed by atoms with E-state index in [1.165, 1.54) is 5.56 Å². The number of aliphatic carboxylic acids is 1. The van der Waals surface area contributed by atoms with E-state index in [9.17, 15) is 9.90 Å². The summed E-state index contributed by atoms with van der Waals surface area (Å²) in [5, 5.41) is 9.41. The van der Waals surface area contributed by atoms with Crippen LogP contribution >= 0.6 is 31.9 Å². The van der Waals surface area contributed by atoms with E-state index in [-0.39, 0.29) is 5.92 Å². The molecule has 0 bridgehead atoms. The lowest BCUT2D eigenvalue weighted by Crippen LogP contribution is -2.44. The van der Waals surface area contributed by atoms with E-state index in [0.29, 0.717) is 0 Å². The molecule has 116 valence electrons. The minimum Gasteiger partial charge on any atom is -0.481 e. The second kappa shape index (κ2) is 6.80. The number of hydrogen-bond acceptors (Lipinski definition) is 2. The van der Waals surface area contributed by atoms with Crippen LogP contribution in [0.15, 0.2) is 27.1 Å². The highest BCUT2D eigenvalue weighted by atomic mass is 79.9. The summed E-state index contributed by atoms with van der Waals surface area (Å²) in [5.41, 5.74) is 0.595. The van der Waals surface area contributed by atoms with Gasteiger partial charge in [-0.05, 0) is 88.7 Å². The molecule has 1 fully saturated rings. The van der Waals surface area contributed by atoms with Crippen LogP contribution in [0.3, 0.4) is 0 Å². The van der Waals surface area contributed by atoms with Gasteiger partial charge in [-0.2, -0.15) is 0 Å². The molecular formula is C16H21Br2NO2. The van der Waals surface area contributed by atoms with Crippen LogP contribution in [0, 0.1) is 11.3 Å². The van der Waals surface area contributed by atoms with Crippen molar-refractivity contribution in [1.82, 2.24) is 4.90 Å². The Morgan fingerprint density at radius 1 is 1.38 bits per heavy atom. The van der Waals surface area contributed by atoms with Crippen molar-refractivity contribution in [3.63, 3.8) is 0 Å². The Morgan fingerprint density at radius 2 is 2.10 bits per heavy atom. The maximum absolute atomic E-state index is 11.4. The molecule has 0 spiro atoms. The Balaban J connectivity index is 2.04. The van der Waals surface area contributed by atoms with Crippen LogP contribution < -0.4 is 0 Å². The first-order valence-corrected chi connectivity index (χ1v) is 8.79. The van der Waals surface area contributed by atoms with Crippen LogP contribution in [0.2, 0.25) is 0 Å². The van der Waals surface area contributed by atoms with Crippen molar-refractivity contribution in [2.75, 3.05) is 13.1 Å². The third-order valence-electron chi connectivity index (χ3n) is 4.47. The summed E-state index contributed by atoms with van der Waals surface area (Å²) in [6.07, 6.45) is 2.07. The zero-order valence-corrected chi connectivity index (χ0v) is 15.6. The van der Waals surface area contributed by atoms with Gasteiger partial charge in [0.05, 0.1) is 5.41 Å². The Morgan fingerprint density at radius 3 is 2.71 bits per heavy atom. The van der Waals surface area contributed by atoms with E-state index >= 15 is 0 Å². The van der Waals surface area contributed by atoms with Crippen LogP contribution in [-0.4, -0.2) is 29.1 Å². The maximum Gasteiger partial charge on any atom is 0.309 e. The first-order valence-electron chi connectivity index (χ1n) is 7.20. The lowest BCUT2D eigenvalue weighted by Gasteiger charge is -2.39. The van der Waals surface area contributed by atoms with Gasteiger partial charge in [0.2, 0.25) is 0 Å². The van der Waals surface area contributed by atoms with E-state index in [1.54, 1.807) is 0 Å². The second-order valence-corrected chi connectivity index (χ2v) is 8.06. The monoisotopic (exact) mass is 417 g/mol. The largest absolute Gasteiger partial charge is 0.481 e. The van der Waals surface area contributed by atoms with Gasteiger partial charge in [-0.3, -0.25) is 9.69 Å². The molecule has 2 rings (SSSR count). The zero-order valence-electron chi connectivity index (χ0n) is 12.4. The van der Waals surface area contributed by atoms with Gasteiger partial charge in [0.15, 0.2) is 0 Å². The van der Waals surface area contributed by atoms with Crippen molar-refractivity contribution in [2.45, 2.75) is 33.2 Å². The number of benzene rings is 1. The summed E-state index contributed by atoms with van der Waals surface area (Å²) in [5.74, 6) is -0.483. The molecule has 1 N–H and O–H groups in total. The summed E-state index contributed by atoms with van der Waals surface area (Å²) in [7, 11) is 0. The quantitative estimate of drug-likeness (QED) is 0.780. The fraction of sp³-hybridized carbons (Fsp3) is 0.562. The molecule has 3 nitrogen and oxygen atoms in total. The molecule has 1 aliphatic heterocycles. The normalized spacial score (nSPS) is 20.5. The van der Waals surface area contributed by atoms with Crippen LogP contribution in [0.4, 0.5) is 0 Å². The van der Waals surface area contributed by atoms with Crippen molar-refractivity contribution in [1.29, 1.82) is 0 Å². The third-order valence-corrected chi connectivity index (χ3v) is 6.35. The van der Waals surface area contributed by atoms with Crippen LogP contribution in [-0.2, 0) is 11.3 Å². The Labute approximate surface area is 143 Å². The molecule has 0 amide bonds. The average molecular weight is 419 g/mol. The number of carbonyl (C=O) groups is 1. The molecule has 1 unspecified atom stereocenters. The number of nitrogens with zero attached hydrogens (tertiary/aromatic N) is 1. The van der Waals surface area contributed by atoms with Crippen molar-refractivity contribution in [3.8, 4) is 0 Å². The number of carboxylic acids is 1. The number of halogens is 2. The first-order chi connectivity index (χ1) is 9.80. The number of rotatable bonds is 4. The van der Waals surface area contributed by atoms with Crippen LogP contribution in [0.5, 0.6) is 0 Å². The van der Waals surface area contributed by atoms with Crippen molar-refractivity contribution in [2.24, 2.45) is 11.3 Å². The molecule has 1 heterocycles. The average Bonchev–Trinajstić information content (AvgIpc) is 2.43. The van der Waals surface area contributed by atoms with Gasteiger partial charge in [0, 0.05) is 22.0 Å². The molecule has 0 aliphatic carbocycles. The second-order valence-electron chi connectivity index (χ2n) is 6.35. The Kier molecular flexibility index (Phi) is 5.49. The van der Waals surface area contributed by atoms with E-state index < -0.39 is 11.4 Å². The smallest absolute Gasteiger partial charge is 0.309 e. The Bertz CT molecular complexity index is 531. The fourth-order valence-corrected chi connectivity index (χ4v) is 3.53. The first kappa shape index (κ1) is 17.0. The van der Waals surface area contributed by atoms with Gasteiger partial charge in [0.25, 0.3) is 0 Å². The molecule has 1 atom stereocenters. The molecule has 0 radical (unpaired) electrons. The molecule has 1 aliphatic rings. The number of piperidine rings is 1. The zero-order chi connectivity index (χ0) is 15.6. The molecular weight excluding hydrogens is 398 g/mol. The Hall–Kier alpha value is -0.390. The number of hydrogen-bond donors (Lipinski definition) is 1. The lowest BCUT2D eigenvalue weighted by atomic mass is 9.74. The predicted octanol–water partition coefficient (Wildman–Crippen LogP) is 4.53. The van der Waals surface area contributed by atoms with Crippen molar-refractivity contribution >= 4 is 37.8 Å². The van der Waals surface area contributed by atoms with Gasteiger partial charge in [-0.1, -0.05) is 6.07 Å². The molecule has 1 aromatic carbocycles. The molecule has 21 heavy (non-hydrogen) atoms. The molecule has 5 heteroatoms. The highest BCUT2D eigenvalue weighted by Gasteiger charge is 2.38. The fourth-order valence-electron chi connectivity index (χ4n) is 2.86. The van der Waals surface area contributed by atoms with Crippen molar-refractivity contribution < 1.29 is 9.90 Å².